The fraction of sp³-hybridized carbons (Fsp3) is 0.235. The van der Waals surface area contributed by atoms with Crippen LogP contribution in [0.15, 0.2) is 47.1 Å². The molecule has 3 nitrogen and oxygen atoms in total. The van der Waals surface area contributed by atoms with Crippen LogP contribution in [0.5, 0.6) is 0 Å². The molecule has 0 fully saturated rings. The number of aliphatic hydroxyl groups is 1. The van der Waals surface area contributed by atoms with Crippen molar-refractivity contribution in [2.45, 2.75) is 26.4 Å². The number of hydrogen-bond acceptors (Lipinski definition) is 2. The van der Waals surface area contributed by atoms with Crippen molar-refractivity contribution in [1.82, 2.24) is 9.38 Å². The largest absolute Gasteiger partial charge is 0.390 e. The van der Waals surface area contributed by atoms with Crippen LogP contribution in [0, 0.1) is 0 Å². The highest BCUT2D eigenvalue weighted by Gasteiger charge is 2.15. The van der Waals surface area contributed by atoms with Crippen LogP contribution in [-0.2, 0) is 6.61 Å². The molecule has 0 spiro atoms. The number of imidazole rings is 1. The van der Waals surface area contributed by atoms with Crippen molar-refractivity contribution in [3.05, 3.63) is 58.3 Å². The predicted octanol–water partition coefficient (Wildman–Crippen LogP) is 4.38. The minimum atomic E-state index is -0.0506. The maximum Gasteiger partial charge on any atom is 0.138 e. The van der Waals surface area contributed by atoms with E-state index in [0.29, 0.717) is 5.92 Å². The first-order valence-electron chi connectivity index (χ1n) is 6.99. The Morgan fingerprint density at radius 1 is 1.14 bits per heavy atom. The number of aliphatic hydroxyl groups excluding tert-OH is 1. The average molecular weight is 345 g/mol. The maximum atomic E-state index is 9.75. The fourth-order valence-electron chi connectivity index (χ4n) is 2.51. The molecule has 2 aromatic heterocycles. The molecule has 0 radical (unpaired) electrons. The summed E-state index contributed by atoms with van der Waals surface area (Å²) in [5.41, 5.74) is 4.79. The van der Waals surface area contributed by atoms with Crippen LogP contribution in [0.1, 0.15) is 31.0 Å². The maximum absolute atomic E-state index is 9.75. The molecule has 3 aromatic rings. The Morgan fingerprint density at radius 3 is 2.48 bits per heavy atom. The van der Waals surface area contributed by atoms with E-state index >= 15 is 0 Å². The van der Waals surface area contributed by atoms with Crippen molar-refractivity contribution in [1.29, 1.82) is 0 Å². The van der Waals surface area contributed by atoms with Gasteiger partial charge in [-0.2, -0.15) is 0 Å². The Hall–Kier alpha value is -1.65. The zero-order valence-electron chi connectivity index (χ0n) is 12.0. The first kappa shape index (κ1) is 14.3. The number of pyridine rings is 1. The van der Waals surface area contributed by atoms with Gasteiger partial charge in [0, 0.05) is 5.56 Å². The summed E-state index contributed by atoms with van der Waals surface area (Å²) in [6, 6.07) is 14.2. The summed E-state index contributed by atoms with van der Waals surface area (Å²) in [4.78, 5) is 4.66. The Labute approximate surface area is 132 Å². The fourth-order valence-corrected chi connectivity index (χ4v) is 3.06. The van der Waals surface area contributed by atoms with Crippen LogP contribution < -0.4 is 0 Å². The number of aromatic nitrogens is 2. The topological polar surface area (TPSA) is 37.5 Å². The van der Waals surface area contributed by atoms with Gasteiger partial charge in [0.05, 0.1) is 22.6 Å². The van der Waals surface area contributed by atoms with Crippen LogP contribution in [0.3, 0.4) is 0 Å². The number of hydrogen-bond donors (Lipinski definition) is 1. The van der Waals surface area contributed by atoms with Gasteiger partial charge in [-0.25, -0.2) is 4.98 Å². The Morgan fingerprint density at radius 2 is 1.86 bits per heavy atom. The Kier molecular flexibility index (Phi) is 3.83. The molecule has 0 atom stereocenters. The summed E-state index contributed by atoms with van der Waals surface area (Å²) in [6.07, 6.45) is 0. The van der Waals surface area contributed by atoms with Gasteiger partial charge in [-0.1, -0.05) is 44.2 Å². The van der Waals surface area contributed by atoms with Crippen molar-refractivity contribution < 1.29 is 5.11 Å². The van der Waals surface area contributed by atoms with Crippen LogP contribution in [0.2, 0.25) is 0 Å². The van der Waals surface area contributed by atoms with Gasteiger partial charge in [-0.05, 0) is 39.5 Å². The lowest BCUT2D eigenvalue weighted by Gasteiger charge is -2.07. The minimum absolute atomic E-state index is 0.0506. The van der Waals surface area contributed by atoms with Crippen LogP contribution >= 0.6 is 15.9 Å². The molecule has 4 heteroatoms. The smallest absolute Gasteiger partial charge is 0.138 e. The molecule has 0 saturated carbocycles. The molecule has 0 aliphatic rings. The molecule has 1 aromatic carbocycles. The molecule has 0 amide bonds. The Bertz CT molecular complexity index is 775. The Balaban J connectivity index is 2.18. The summed E-state index contributed by atoms with van der Waals surface area (Å²) in [5.74, 6) is 0.506. The third kappa shape index (κ3) is 2.49. The van der Waals surface area contributed by atoms with E-state index in [9.17, 15) is 5.11 Å². The van der Waals surface area contributed by atoms with Crippen LogP contribution in [0.25, 0.3) is 16.9 Å². The third-order valence-corrected chi connectivity index (χ3v) is 4.31. The molecule has 0 aliphatic heterocycles. The number of fused-ring (bicyclic) bond motifs is 1. The van der Waals surface area contributed by atoms with Crippen molar-refractivity contribution in [3.8, 4) is 11.3 Å². The molecular formula is C17H17BrN2O. The molecule has 108 valence electrons. The lowest BCUT2D eigenvalue weighted by Crippen LogP contribution is -1.96. The molecule has 21 heavy (non-hydrogen) atoms. The number of nitrogens with zero attached hydrogens (tertiary/aromatic N) is 2. The minimum Gasteiger partial charge on any atom is -0.390 e. The highest BCUT2D eigenvalue weighted by Crippen LogP contribution is 2.28. The highest BCUT2D eigenvalue weighted by molar-refractivity contribution is 9.10. The first-order chi connectivity index (χ1) is 10.1. The summed E-state index contributed by atoms with van der Waals surface area (Å²) in [7, 11) is 0. The predicted molar refractivity (Wildman–Crippen MR) is 88.3 cm³/mol. The molecule has 1 N–H and O–H groups in total. The van der Waals surface area contributed by atoms with Gasteiger partial charge in [0.15, 0.2) is 0 Å². The normalized spacial score (nSPS) is 11.5. The van der Waals surface area contributed by atoms with Crippen molar-refractivity contribution in [2.24, 2.45) is 0 Å². The molecule has 0 unspecified atom stereocenters. The molecule has 0 bridgehead atoms. The number of halogens is 1. The van der Waals surface area contributed by atoms with Crippen LogP contribution in [-0.4, -0.2) is 14.5 Å². The van der Waals surface area contributed by atoms with Gasteiger partial charge >= 0.3 is 0 Å². The lowest BCUT2D eigenvalue weighted by atomic mass is 10.0. The average Bonchev–Trinajstić information content (AvgIpc) is 2.87. The van der Waals surface area contributed by atoms with E-state index in [-0.39, 0.29) is 6.61 Å². The van der Waals surface area contributed by atoms with E-state index in [1.54, 1.807) is 0 Å². The third-order valence-electron chi connectivity index (χ3n) is 3.69. The second-order valence-corrected chi connectivity index (χ2v) is 6.20. The van der Waals surface area contributed by atoms with E-state index in [1.807, 2.05) is 22.6 Å². The highest BCUT2D eigenvalue weighted by atomic mass is 79.9. The zero-order valence-corrected chi connectivity index (χ0v) is 13.6. The summed E-state index contributed by atoms with van der Waals surface area (Å²) in [6.45, 7) is 4.30. The van der Waals surface area contributed by atoms with Crippen molar-refractivity contribution in [2.75, 3.05) is 0 Å². The van der Waals surface area contributed by atoms with Gasteiger partial charge < -0.3 is 5.11 Å². The van der Waals surface area contributed by atoms with Gasteiger partial charge in [-0.15, -0.1) is 0 Å². The number of benzene rings is 1. The first-order valence-corrected chi connectivity index (χ1v) is 7.78. The lowest BCUT2D eigenvalue weighted by molar-refractivity contribution is 0.276. The quantitative estimate of drug-likeness (QED) is 0.716. The molecule has 3 rings (SSSR count). The number of rotatable bonds is 3. The standard InChI is InChI=1S/C17H17BrN2O/c1-11(2)12-6-8-13(9-7-12)17-14(10-21)20-15(18)4-3-5-16(20)19-17/h3-9,11,21H,10H2,1-2H3. The monoisotopic (exact) mass is 344 g/mol. The molecule has 0 saturated heterocycles. The second kappa shape index (κ2) is 5.62. The zero-order chi connectivity index (χ0) is 15.0. The molecular weight excluding hydrogens is 328 g/mol. The van der Waals surface area contributed by atoms with E-state index in [0.717, 1.165) is 27.2 Å². The van der Waals surface area contributed by atoms with Crippen molar-refractivity contribution >= 4 is 21.6 Å². The molecule has 0 aliphatic carbocycles. The van der Waals surface area contributed by atoms with Crippen molar-refractivity contribution in [3.63, 3.8) is 0 Å². The summed E-state index contributed by atoms with van der Waals surface area (Å²) in [5, 5.41) is 9.75. The van der Waals surface area contributed by atoms with Gasteiger partial charge in [0.25, 0.3) is 0 Å². The van der Waals surface area contributed by atoms with E-state index < -0.39 is 0 Å². The van der Waals surface area contributed by atoms with Crippen LogP contribution in [0.4, 0.5) is 0 Å². The SMILES string of the molecule is CC(C)c1ccc(-c2nc3cccc(Br)n3c2CO)cc1. The summed E-state index contributed by atoms with van der Waals surface area (Å²) < 4.78 is 2.83. The van der Waals surface area contributed by atoms with Gasteiger partial charge in [0.1, 0.15) is 5.65 Å². The summed E-state index contributed by atoms with van der Waals surface area (Å²) >= 11 is 3.52. The van der Waals surface area contributed by atoms with E-state index in [4.69, 9.17) is 0 Å². The van der Waals surface area contributed by atoms with Gasteiger partial charge in [0.2, 0.25) is 0 Å². The van der Waals surface area contributed by atoms with E-state index in [1.165, 1.54) is 5.56 Å². The molecule has 2 heterocycles. The van der Waals surface area contributed by atoms with Gasteiger partial charge in [-0.3, -0.25) is 4.40 Å². The second-order valence-electron chi connectivity index (χ2n) is 5.38. The van der Waals surface area contributed by atoms with E-state index in [2.05, 4.69) is 59.0 Å².